The third kappa shape index (κ3) is 3.34. The van der Waals surface area contributed by atoms with Gasteiger partial charge in [0.1, 0.15) is 11.8 Å². The van der Waals surface area contributed by atoms with Crippen LogP contribution in [0.3, 0.4) is 0 Å². The summed E-state index contributed by atoms with van der Waals surface area (Å²) in [5.41, 5.74) is 2.83. The molecule has 0 saturated heterocycles. The fourth-order valence-electron chi connectivity index (χ4n) is 1.98. The largest absolute Gasteiger partial charge is 0.495 e. The van der Waals surface area contributed by atoms with Crippen LogP contribution < -0.4 is 10.1 Å². The molecule has 1 atom stereocenters. The van der Waals surface area contributed by atoms with Crippen LogP contribution in [-0.4, -0.2) is 12.1 Å². The molecular formula is C16H17N3O. The Kier molecular flexibility index (Phi) is 4.70. The highest BCUT2D eigenvalue weighted by atomic mass is 16.5. The molecule has 102 valence electrons. The van der Waals surface area contributed by atoms with Crippen LogP contribution in [0.5, 0.6) is 5.75 Å². The van der Waals surface area contributed by atoms with E-state index in [-0.39, 0.29) is 6.04 Å². The maximum absolute atomic E-state index is 8.96. The average molecular weight is 267 g/mol. The van der Waals surface area contributed by atoms with Crippen LogP contribution in [0.15, 0.2) is 42.7 Å². The van der Waals surface area contributed by atoms with E-state index in [0.717, 1.165) is 5.56 Å². The van der Waals surface area contributed by atoms with Gasteiger partial charge in [0.05, 0.1) is 12.7 Å². The SMILES string of the molecule is COc1cc(CN[C@@H](C)c2ccncc2)ccc1C#N. The van der Waals surface area contributed by atoms with Crippen molar-refractivity contribution in [3.8, 4) is 11.8 Å². The van der Waals surface area contributed by atoms with E-state index in [4.69, 9.17) is 10.00 Å². The Labute approximate surface area is 119 Å². The van der Waals surface area contributed by atoms with E-state index in [9.17, 15) is 0 Å². The lowest BCUT2D eigenvalue weighted by molar-refractivity contribution is 0.412. The number of hydrogen-bond acceptors (Lipinski definition) is 4. The highest BCUT2D eigenvalue weighted by Gasteiger charge is 2.06. The quantitative estimate of drug-likeness (QED) is 0.905. The number of methoxy groups -OCH3 is 1. The maximum Gasteiger partial charge on any atom is 0.136 e. The summed E-state index contributed by atoms with van der Waals surface area (Å²) in [6.45, 7) is 2.82. The van der Waals surface area contributed by atoms with E-state index in [1.807, 2.05) is 24.3 Å². The van der Waals surface area contributed by atoms with Crippen molar-refractivity contribution < 1.29 is 4.74 Å². The van der Waals surface area contributed by atoms with Crippen LogP contribution in [0.2, 0.25) is 0 Å². The molecule has 4 heteroatoms. The summed E-state index contributed by atoms with van der Waals surface area (Å²) >= 11 is 0. The van der Waals surface area contributed by atoms with E-state index < -0.39 is 0 Å². The Morgan fingerprint density at radius 3 is 2.70 bits per heavy atom. The normalized spacial score (nSPS) is 11.7. The number of ether oxygens (including phenoxy) is 1. The lowest BCUT2D eigenvalue weighted by Gasteiger charge is -2.14. The van der Waals surface area contributed by atoms with Gasteiger partial charge < -0.3 is 10.1 Å². The van der Waals surface area contributed by atoms with Crippen molar-refractivity contribution in [2.45, 2.75) is 19.5 Å². The molecule has 4 nitrogen and oxygen atoms in total. The minimum atomic E-state index is 0.236. The van der Waals surface area contributed by atoms with Gasteiger partial charge in [-0.1, -0.05) is 6.07 Å². The fraction of sp³-hybridized carbons (Fsp3) is 0.250. The molecule has 0 aliphatic carbocycles. The average Bonchev–Trinajstić information content (AvgIpc) is 2.53. The number of nitriles is 1. The summed E-state index contributed by atoms with van der Waals surface area (Å²) in [7, 11) is 1.58. The summed E-state index contributed by atoms with van der Waals surface area (Å²) in [4.78, 5) is 4.01. The number of pyridine rings is 1. The predicted octanol–water partition coefficient (Wildman–Crippen LogP) is 2.81. The Hall–Kier alpha value is -2.38. The molecule has 1 heterocycles. The summed E-state index contributed by atoms with van der Waals surface area (Å²) in [6.07, 6.45) is 3.58. The highest BCUT2D eigenvalue weighted by Crippen LogP contribution is 2.20. The first-order chi connectivity index (χ1) is 9.74. The van der Waals surface area contributed by atoms with E-state index in [1.165, 1.54) is 5.56 Å². The van der Waals surface area contributed by atoms with Crippen LogP contribution in [-0.2, 0) is 6.54 Å². The van der Waals surface area contributed by atoms with Crippen LogP contribution in [0, 0.1) is 11.3 Å². The lowest BCUT2D eigenvalue weighted by Crippen LogP contribution is -2.18. The van der Waals surface area contributed by atoms with Crippen molar-refractivity contribution in [2.75, 3.05) is 7.11 Å². The molecule has 0 fully saturated rings. The Morgan fingerprint density at radius 2 is 2.05 bits per heavy atom. The maximum atomic E-state index is 8.96. The number of benzene rings is 1. The van der Waals surface area contributed by atoms with Crippen LogP contribution in [0.1, 0.15) is 29.7 Å². The molecule has 20 heavy (non-hydrogen) atoms. The molecule has 0 bridgehead atoms. The molecule has 0 spiro atoms. The van der Waals surface area contributed by atoms with Gasteiger partial charge in [0.15, 0.2) is 0 Å². The van der Waals surface area contributed by atoms with E-state index >= 15 is 0 Å². The zero-order valence-electron chi connectivity index (χ0n) is 11.6. The topological polar surface area (TPSA) is 57.9 Å². The van der Waals surface area contributed by atoms with Gasteiger partial charge in [-0.05, 0) is 42.3 Å². The molecular weight excluding hydrogens is 250 g/mol. The second kappa shape index (κ2) is 6.69. The number of nitrogens with zero attached hydrogens (tertiary/aromatic N) is 2. The summed E-state index contributed by atoms with van der Waals surface area (Å²) in [5.74, 6) is 0.614. The smallest absolute Gasteiger partial charge is 0.136 e. The Balaban J connectivity index is 2.03. The zero-order chi connectivity index (χ0) is 14.4. The molecule has 1 aromatic heterocycles. The molecule has 0 saturated carbocycles. The first-order valence-corrected chi connectivity index (χ1v) is 6.45. The molecule has 0 unspecified atom stereocenters. The van der Waals surface area contributed by atoms with Crippen molar-refractivity contribution in [3.05, 3.63) is 59.4 Å². The first-order valence-electron chi connectivity index (χ1n) is 6.45. The molecule has 0 aliphatic rings. The minimum Gasteiger partial charge on any atom is -0.495 e. The fourth-order valence-corrected chi connectivity index (χ4v) is 1.98. The van der Waals surface area contributed by atoms with Gasteiger partial charge in [0.2, 0.25) is 0 Å². The van der Waals surface area contributed by atoms with E-state index in [1.54, 1.807) is 25.6 Å². The summed E-state index contributed by atoms with van der Waals surface area (Å²) in [5, 5.41) is 12.4. The molecule has 1 aromatic carbocycles. The molecule has 2 rings (SSSR count). The highest BCUT2D eigenvalue weighted by molar-refractivity contribution is 5.45. The van der Waals surface area contributed by atoms with Gasteiger partial charge in [0, 0.05) is 25.0 Å². The van der Waals surface area contributed by atoms with Crippen molar-refractivity contribution >= 4 is 0 Å². The monoisotopic (exact) mass is 267 g/mol. The summed E-state index contributed by atoms with van der Waals surface area (Å²) < 4.78 is 5.21. The summed E-state index contributed by atoms with van der Waals surface area (Å²) in [6, 6.07) is 12.0. The van der Waals surface area contributed by atoms with Crippen LogP contribution >= 0.6 is 0 Å². The van der Waals surface area contributed by atoms with E-state index in [0.29, 0.717) is 17.9 Å². The molecule has 0 aliphatic heterocycles. The Bertz CT molecular complexity index is 605. The van der Waals surface area contributed by atoms with Crippen LogP contribution in [0.4, 0.5) is 0 Å². The minimum absolute atomic E-state index is 0.236. The van der Waals surface area contributed by atoms with Gasteiger partial charge >= 0.3 is 0 Å². The van der Waals surface area contributed by atoms with Crippen molar-refractivity contribution in [1.29, 1.82) is 5.26 Å². The predicted molar refractivity (Wildman–Crippen MR) is 77.2 cm³/mol. The second-order valence-corrected chi connectivity index (χ2v) is 4.53. The molecule has 0 amide bonds. The standard InChI is InChI=1S/C16H17N3O/c1-12(14-5-7-18-8-6-14)19-11-13-3-4-15(10-17)16(9-13)20-2/h3-9,12,19H,11H2,1-2H3/t12-/m0/s1. The van der Waals surface area contributed by atoms with E-state index in [2.05, 4.69) is 23.3 Å². The number of aromatic nitrogens is 1. The molecule has 2 aromatic rings. The third-order valence-electron chi connectivity index (χ3n) is 3.20. The van der Waals surface area contributed by atoms with Crippen molar-refractivity contribution in [2.24, 2.45) is 0 Å². The van der Waals surface area contributed by atoms with Gasteiger partial charge in [-0.25, -0.2) is 0 Å². The number of hydrogen-bond donors (Lipinski definition) is 1. The second-order valence-electron chi connectivity index (χ2n) is 4.53. The number of nitrogens with one attached hydrogen (secondary N) is 1. The van der Waals surface area contributed by atoms with Gasteiger partial charge in [-0.3, -0.25) is 4.98 Å². The molecule has 1 N–H and O–H groups in total. The molecule has 0 radical (unpaired) electrons. The van der Waals surface area contributed by atoms with Crippen molar-refractivity contribution in [1.82, 2.24) is 10.3 Å². The van der Waals surface area contributed by atoms with Gasteiger partial charge in [-0.15, -0.1) is 0 Å². The lowest BCUT2D eigenvalue weighted by atomic mass is 10.1. The van der Waals surface area contributed by atoms with Gasteiger partial charge in [0.25, 0.3) is 0 Å². The number of rotatable bonds is 5. The van der Waals surface area contributed by atoms with Crippen LogP contribution in [0.25, 0.3) is 0 Å². The third-order valence-corrected chi connectivity index (χ3v) is 3.20. The van der Waals surface area contributed by atoms with Crippen molar-refractivity contribution in [3.63, 3.8) is 0 Å². The van der Waals surface area contributed by atoms with Gasteiger partial charge in [-0.2, -0.15) is 5.26 Å². The Morgan fingerprint density at radius 1 is 1.30 bits per heavy atom. The first kappa shape index (κ1) is 14.0. The zero-order valence-corrected chi connectivity index (χ0v) is 11.6.